The molecule has 2 fully saturated rings. The maximum atomic E-state index is 12.0. The first-order valence-electron chi connectivity index (χ1n) is 11.7. The van der Waals surface area contributed by atoms with Gasteiger partial charge in [-0.3, -0.25) is 9.13 Å². The van der Waals surface area contributed by atoms with Crippen LogP contribution in [0.25, 0.3) is 5.65 Å². The summed E-state index contributed by atoms with van der Waals surface area (Å²) in [5, 5.41) is 25.4. The molecule has 5 N–H and O–H groups in total. The molecule has 38 heavy (non-hydrogen) atoms. The molecule has 1 aromatic carbocycles. The largest absolute Gasteiger partial charge is 0.387 e. The Bertz CT molecular complexity index is 1410. The van der Waals surface area contributed by atoms with E-state index >= 15 is 0 Å². The monoisotopic (exact) mass is 589 g/mol. The zero-order chi connectivity index (χ0) is 27.2. The molecule has 2 aliphatic heterocycles. The number of ether oxygens (including phenoxy) is 1. The number of halogens is 1. The van der Waals surface area contributed by atoms with Crippen molar-refractivity contribution in [3.63, 3.8) is 0 Å². The van der Waals surface area contributed by atoms with Gasteiger partial charge in [0.05, 0.1) is 24.5 Å². The Balaban J connectivity index is 1.41. The highest BCUT2D eigenvalue weighted by molar-refractivity contribution is 7.70. The van der Waals surface area contributed by atoms with Crippen molar-refractivity contribution in [2.45, 2.75) is 43.3 Å². The molecule has 3 aromatic rings. The summed E-state index contributed by atoms with van der Waals surface area (Å²) in [6.07, 6.45) is -2.25. The molecular weight excluding hydrogens is 564 g/mol. The fraction of sp³-hybridized carbons (Fsp3) is 0.476. The lowest BCUT2D eigenvalue weighted by Crippen LogP contribution is -2.33. The van der Waals surface area contributed by atoms with E-state index in [0.717, 1.165) is 18.4 Å². The van der Waals surface area contributed by atoms with Crippen molar-refractivity contribution in [1.82, 2.24) is 19.6 Å². The van der Waals surface area contributed by atoms with Crippen molar-refractivity contribution in [2.24, 2.45) is 0 Å². The van der Waals surface area contributed by atoms with Gasteiger partial charge in [-0.15, -0.1) is 5.10 Å². The molecule has 1 unspecified atom stereocenters. The van der Waals surface area contributed by atoms with Crippen LogP contribution in [0.1, 0.15) is 36.2 Å². The van der Waals surface area contributed by atoms with Crippen molar-refractivity contribution < 1.29 is 43.3 Å². The minimum atomic E-state index is -4.83. The molecule has 0 saturated carbocycles. The Morgan fingerprint density at radius 2 is 1.87 bits per heavy atom. The van der Waals surface area contributed by atoms with Crippen LogP contribution in [0.3, 0.4) is 0 Å². The van der Waals surface area contributed by atoms with Gasteiger partial charge in [-0.25, -0.2) is 9.50 Å². The van der Waals surface area contributed by atoms with E-state index < -0.39 is 52.1 Å². The molecule has 0 spiro atoms. The van der Waals surface area contributed by atoms with E-state index in [9.17, 15) is 24.2 Å². The van der Waals surface area contributed by atoms with Crippen LogP contribution in [0.2, 0.25) is 5.28 Å². The molecule has 14 nitrogen and oxygen atoms in total. The quantitative estimate of drug-likeness (QED) is 0.238. The van der Waals surface area contributed by atoms with Crippen molar-refractivity contribution in [2.75, 3.05) is 24.0 Å². The average Bonchev–Trinajstić information content (AvgIpc) is 3.55. The third-order valence-electron chi connectivity index (χ3n) is 6.51. The lowest BCUT2D eigenvalue weighted by molar-refractivity contribution is -0.0204. The summed E-state index contributed by atoms with van der Waals surface area (Å²) in [6, 6.07) is 10.0. The minimum absolute atomic E-state index is 0.0464. The Morgan fingerprint density at radius 3 is 2.58 bits per heavy atom. The third kappa shape index (κ3) is 5.66. The first kappa shape index (κ1) is 27.6. The van der Waals surface area contributed by atoms with Crippen LogP contribution in [0.15, 0.2) is 36.5 Å². The summed E-state index contributed by atoms with van der Waals surface area (Å²) in [5.74, 6) is -0.894. The van der Waals surface area contributed by atoms with E-state index in [1.54, 1.807) is 0 Å². The van der Waals surface area contributed by atoms with E-state index in [1.807, 2.05) is 30.3 Å². The zero-order valence-electron chi connectivity index (χ0n) is 19.8. The zero-order valence-corrected chi connectivity index (χ0v) is 22.3. The Hall–Kier alpha value is -1.96. The number of aliphatic hydroxyl groups excluding tert-OH is 2. The molecule has 0 amide bonds. The van der Waals surface area contributed by atoms with Gasteiger partial charge in [0.25, 0.3) is 0 Å². The van der Waals surface area contributed by atoms with Gasteiger partial charge >= 0.3 is 15.2 Å². The fourth-order valence-electron chi connectivity index (χ4n) is 4.88. The van der Waals surface area contributed by atoms with Gasteiger partial charge in [-0.2, -0.15) is 4.98 Å². The lowest BCUT2D eigenvalue weighted by atomic mass is 10.0. The second kappa shape index (κ2) is 10.5. The highest BCUT2D eigenvalue weighted by Gasteiger charge is 2.46. The van der Waals surface area contributed by atoms with Crippen molar-refractivity contribution in [1.29, 1.82) is 0 Å². The summed E-state index contributed by atoms with van der Waals surface area (Å²) in [6.45, 7) is 0.00797. The minimum Gasteiger partial charge on any atom is -0.387 e. The number of hydrogen-bond donors (Lipinski definition) is 5. The van der Waals surface area contributed by atoms with Crippen LogP contribution in [-0.2, 0) is 18.4 Å². The number of nitrogens with zero attached hydrogens (tertiary/aromatic N) is 5. The normalized spacial score (nSPS) is 27.7. The molecule has 2 saturated heterocycles. The SMILES string of the molecule is O=P(O)(O)CP(=O)(O)OC[C@H]1O[C@@H](c2cnc3c(N4CCC[C@@H]4c4ccccc4)nc(Cl)nn23)[C@H](O)[C@@H]1O. The van der Waals surface area contributed by atoms with Crippen LogP contribution in [0.5, 0.6) is 0 Å². The van der Waals surface area contributed by atoms with Crippen LogP contribution in [-0.4, -0.2) is 81.8 Å². The standard InChI is InChI=1S/C21H26ClN5O9P2/c22-21-24-20(26-8-4-7-13(26)12-5-2-1-3-6-12)19-23-9-14(27(19)25-21)18-17(29)16(28)15(36-18)10-35-38(33,34)11-37(30,31)32/h1-3,5-6,9,13,15-18,28-29H,4,7-8,10-11H2,(H,33,34)(H2,30,31,32)/t13-,15-,16-,17-,18+/m1/s1. The van der Waals surface area contributed by atoms with Gasteiger partial charge in [-0.1, -0.05) is 30.3 Å². The van der Waals surface area contributed by atoms with Crippen molar-refractivity contribution in [3.8, 4) is 0 Å². The molecule has 5 rings (SSSR count). The van der Waals surface area contributed by atoms with Crippen LogP contribution in [0.4, 0.5) is 5.82 Å². The number of rotatable bonds is 8. The van der Waals surface area contributed by atoms with E-state index in [0.29, 0.717) is 18.0 Å². The first-order valence-corrected chi connectivity index (χ1v) is 15.6. The second-order valence-electron chi connectivity index (χ2n) is 9.20. The number of aromatic nitrogens is 4. The van der Waals surface area contributed by atoms with Gasteiger partial charge in [-0.05, 0) is 30.0 Å². The fourth-order valence-corrected chi connectivity index (χ4v) is 7.61. The number of imidazole rings is 1. The summed E-state index contributed by atoms with van der Waals surface area (Å²) in [4.78, 5) is 38.6. The van der Waals surface area contributed by atoms with Crippen LogP contribution in [0, 0.1) is 0 Å². The molecule has 6 atom stereocenters. The molecule has 4 heterocycles. The van der Waals surface area contributed by atoms with Crippen LogP contribution < -0.4 is 4.90 Å². The van der Waals surface area contributed by atoms with E-state index in [-0.39, 0.29) is 17.0 Å². The molecule has 0 radical (unpaired) electrons. The van der Waals surface area contributed by atoms with Gasteiger partial charge in [0, 0.05) is 6.54 Å². The van der Waals surface area contributed by atoms with E-state index in [1.165, 1.54) is 10.7 Å². The number of aliphatic hydroxyl groups is 2. The Morgan fingerprint density at radius 1 is 1.13 bits per heavy atom. The number of hydrogen-bond acceptors (Lipinski definition) is 10. The lowest BCUT2D eigenvalue weighted by Gasteiger charge is -2.26. The maximum Gasteiger partial charge on any atom is 0.340 e. The van der Waals surface area contributed by atoms with Gasteiger partial charge in [0.1, 0.15) is 24.4 Å². The highest BCUT2D eigenvalue weighted by Crippen LogP contribution is 2.55. The predicted octanol–water partition coefficient (Wildman–Crippen LogP) is 1.62. The van der Waals surface area contributed by atoms with Crippen LogP contribution >= 0.6 is 26.8 Å². The summed E-state index contributed by atoms with van der Waals surface area (Å²) >= 11 is 6.29. The topological polar surface area (TPSA) is 200 Å². The third-order valence-corrected chi connectivity index (χ3v) is 10.1. The molecule has 17 heteroatoms. The summed E-state index contributed by atoms with van der Waals surface area (Å²) in [7, 11) is -9.52. The molecule has 0 bridgehead atoms. The van der Waals surface area contributed by atoms with E-state index in [2.05, 4.69) is 20.0 Å². The number of anilines is 1. The van der Waals surface area contributed by atoms with Crippen molar-refractivity contribution >= 4 is 38.3 Å². The highest BCUT2D eigenvalue weighted by atomic mass is 35.5. The Kier molecular flexibility index (Phi) is 7.66. The Labute approximate surface area is 221 Å². The average molecular weight is 590 g/mol. The smallest absolute Gasteiger partial charge is 0.340 e. The maximum absolute atomic E-state index is 12.0. The van der Waals surface area contributed by atoms with Gasteiger partial charge in [0.15, 0.2) is 17.4 Å². The van der Waals surface area contributed by atoms with Gasteiger partial charge in [0.2, 0.25) is 5.28 Å². The first-order chi connectivity index (χ1) is 17.9. The summed E-state index contributed by atoms with van der Waals surface area (Å²) < 4.78 is 34.9. The molecular formula is C21H26ClN5O9P2. The molecule has 0 aliphatic carbocycles. The second-order valence-corrected chi connectivity index (χ2v) is 13.5. The molecule has 206 valence electrons. The summed E-state index contributed by atoms with van der Waals surface area (Å²) in [5.41, 5.74) is 1.72. The number of benzene rings is 1. The van der Waals surface area contributed by atoms with E-state index in [4.69, 9.17) is 30.6 Å². The number of fused-ring (bicyclic) bond motifs is 1. The predicted molar refractivity (Wildman–Crippen MR) is 134 cm³/mol. The van der Waals surface area contributed by atoms with Crippen molar-refractivity contribution in [3.05, 3.63) is 53.1 Å². The molecule has 2 aliphatic rings. The van der Waals surface area contributed by atoms with Gasteiger partial charge < -0.3 is 39.1 Å². The molecule has 2 aromatic heterocycles.